The van der Waals surface area contributed by atoms with Crippen molar-refractivity contribution >= 4 is 23.4 Å². The van der Waals surface area contributed by atoms with Gasteiger partial charge in [-0.3, -0.25) is 14.5 Å². The summed E-state index contributed by atoms with van der Waals surface area (Å²) >= 11 is 0. The first-order valence-corrected chi connectivity index (χ1v) is 12.5. The molecule has 180 valence electrons. The molecule has 1 N–H and O–H groups in total. The molecule has 3 saturated heterocycles. The van der Waals surface area contributed by atoms with E-state index in [2.05, 4.69) is 28.6 Å². The number of fused-ring (bicyclic) bond motifs is 5. The zero-order valence-corrected chi connectivity index (χ0v) is 20.2. The Hall–Kier alpha value is -2.41. The van der Waals surface area contributed by atoms with Gasteiger partial charge < -0.3 is 14.6 Å². The lowest BCUT2D eigenvalue weighted by molar-refractivity contribution is -0.122. The number of benzene rings is 1. The third kappa shape index (κ3) is 4.93. The van der Waals surface area contributed by atoms with E-state index in [0.717, 1.165) is 35.6 Å². The van der Waals surface area contributed by atoms with Gasteiger partial charge in [-0.2, -0.15) is 0 Å². The lowest BCUT2D eigenvalue weighted by Gasteiger charge is -2.57. The van der Waals surface area contributed by atoms with Gasteiger partial charge in [0.15, 0.2) is 0 Å². The largest absolute Gasteiger partial charge is 0.483 e. The van der Waals surface area contributed by atoms with E-state index in [1.54, 1.807) is 0 Å². The van der Waals surface area contributed by atoms with Gasteiger partial charge in [-0.1, -0.05) is 20.3 Å². The van der Waals surface area contributed by atoms with Crippen LogP contribution in [0.2, 0.25) is 0 Å². The summed E-state index contributed by atoms with van der Waals surface area (Å²) < 4.78 is 2.01. The minimum atomic E-state index is -0.250. The first-order valence-electron chi connectivity index (χ1n) is 12.5. The molecule has 7 nitrogen and oxygen atoms in total. The number of carbonyl (C=O) groups excluding carboxylic acids is 1. The zero-order chi connectivity index (χ0) is 23.5. The van der Waals surface area contributed by atoms with Crippen LogP contribution in [-0.2, 0) is 11.8 Å². The van der Waals surface area contributed by atoms with E-state index in [1.165, 1.54) is 45.1 Å². The Labute approximate surface area is 196 Å². The van der Waals surface area contributed by atoms with Crippen LogP contribution in [0.15, 0.2) is 24.5 Å². The minimum Gasteiger partial charge on any atom is -0.483 e. The molecule has 0 unspecified atom stereocenters. The van der Waals surface area contributed by atoms with Gasteiger partial charge in [-0.05, 0) is 74.6 Å². The highest BCUT2D eigenvalue weighted by Crippen LogP contribution is 2.43. The number of hydrogen-bond donors (Lipinski definition) is 1. The third-order valence-electron chi connectivity index (χ3n) is 7.92. The van der Waals surface area contributed by atoms with Gasteiger partial charge in [0.25, 0.3) is 12.4 Å². The topological polar surface area (TPSA) is 78.7 Å². The average molecular weight is 455 g/mol. The summed E-state index contributed by atoms with van der Waals surface area (Å²) in [4.78, 5) is 31.4. The van der Waals surface area contributed by atoms with E-state index in [1.807, 2.05) is 36.1 Å². The van der Waals surface area contributed by atoms with Gasteiger partial charge in [-0.25, -0.2) is 4.98 Å². The minimum absolute atomic E-state index is 0.198. The van der Waals surface area contributed by atoms with Crippen LogP contribution < -0.4 is 0 Å². The molecule has 0 radical (unpaired) electrons. The smallest absolute Gasteiger partial charge is 0.290 e. The van der Waals surface area contributed by atoms with Gasteiger partial charge >= 0.3 is 0 Å². The number of aromatic nitrogens is 2. The van der Waals surface area contributed by atoms with Crippen molar-refractivity contribution in [2.45, 2.75) is 64.5 Å². The first-order chi connectivity index (χ1) is 15.9. The number of amides is 1. The predicted molar refractivity (Wildman–Crippen MR) is 129 cm³/mol. The summed E-state index contributed by atoms with van der Waals surface area (Å²) in [5, 5.41) is 6.89. The van der Waals surface area contributed by atoms with E-state index in [4.69, 9.17) is 9.90 Å². The second kappa shape index (κ2) is 10.2. The summed E-state index contributed by atoms with van der Waals surface area (Å²) in [6, 6.07) is 7.34. The molecule has 2 aromatic rings. The van der Waals surface area contributed by atoms with Crippen LogP contribution in [0.4, 0.5) is 0 Å². The number of likely N-dealkylation sites (tertiary alicyclic amines) is 1. The summed E-state index contributed by atoms with van der Waals surface area (Å²) in [5.74, 6) is 2.21. The molecule has 3 fully saturated rings. The van der Waals surface area contributed by atoms with Crippen LogP contribution >= 0.6 is 0 Å². The van der Waals surface area contributed by atoms with Gasteiger partial charge in [0.2, 0.25) is 0 Å². The molecule has 2 bridgehead atoms. The van der Waals surface area contributed by atoms with Crippen LogP contribution in [-0.4, -0.2) is 68.6 Å². The van der Waals surface area contributed by atoms with Gasteiger partial charge in [0.1, 0.15) is 0 Å². The molecule has 4 heterocycles. The summed E-state index contributed by atoms with van der Waals surface area (Å²) in [5.41, 5.74) is 2.78. The van der Waals surface area contributed by atoms with Gasteiger partial charge in [-0.15, -0.1) is 0 Å². The van der Waals surface area contributed by atoms with E-state index >= 15 is 0 Å². The number of carbonyl (C=O) groups is 2. The molecule has 1 aromatic heterocycles. The number of piperidine rings is 3. The van der Waals surface area contributed by atoms with E-state index < -0.39 is 0 Å². The molecule has 5 rings (SSSR count). The summed E-state index contributed by atoms with van der Waals surface area (Å²) in [6.45, 7) is 7.54. The maximum absolute atomic E-state index is 13.5. The summed E-state index contributed by atoms with van der Waals surface area (Å²) in [6.07, 6.45) is 9.73. The molecule has 0 spiro atoms. The molecule has 33 heavy (non-hydrogen) atoms. The van der Waals surface area contributed by atoms with Crippen molar-refractivity contribution in [3.63, 3.8) is 0 Å². The molecule has 0 saturated carbocycles. The second-order valence-electron chi connectivity index (χ2n) is 10.5. The summed E-state index contributed by atoms with van der Waals surface area (Å²) in [7, 11) is 2.00. The Morgan fingerprint density at radius 1 is 1.24 bits per heavy atom. The van der Waals surface area contributed by atoms with Gasteiger partial charge in [0.05, 0.1) is 17.4 Å². The second-order valence-corrected chi connectivity index (χ2v) is 10.5. The third-order valence-corrected chi connectivity index (χ3v) is 7.92. The van der Waals surface area contributed by atoms with Gasteiger partial charge in [0, 0.05) is 37.8 Å². The highest BCUT2D eigenvalue weighted by molar-refractivity contribution is 5.97. The molecule has 7 heteroatoms. The van der Waals surface area contributed by atoms with Crippen molar-refractivity contribution in [2.75, 3.05) is 19.6 Å². The van der Waals surface area contributed by atoms with E-state index in [9.17, 15) is 4.79 Å². The number of rotatable bonds is 4. The van der Waals surface area contributed by atoms with Crippen LogP contribution in [0.3, 0.4) is 0 Å². The number of hydrogen-bond acceptors (Lipinski definition) is 4. The number of imidazole rings is 1. The lowest BCUT2D eigenvalue weighted by atomic mass is 9.71. The zero-order valence-electron chi connectivity index (χ0n) is 20.2. The Bertz CT molecular complexity index is 972. The molecular weight excluding hydrogens is 416 g/mol. The molecule has 1 aromatic carbocycles. The maximum atomic E-state index is 13.5. The standard InChI is InChI=1S/C25H36N4O.CH2O2/c1-17(2)7-9-23-20-12-19(22-6-4-5-11-29(22)23)14-28(15-20)25(30)18-8-10-24-21(13-18)26-16-27(24)3;2-1-3/h8,10,13,16-17,19-20,22-23H,4-7,9,11-12,14-15H2,1-3H3;1H,(H,2,3)/t19-,20+,22+,23+;/m1./s1. The first kappa shape index (κ1) is 23.7. The van der Waals surface area contributed by atoms with Crippen LogP contribution in [0, 0.1) is 17.8 Å². The molecule has 4 atom stereocenters. The lowest BCUT2D eigenvalue weighted by Crippen LogP contribution is -2.64. The van der Waals surface area contributed by atoms with Crippen LogP contribution in [0.5, 0.6) is 0 Å². The number of aryl methyl sites for hydroxylation is 1. The Balaban J connectivity index is 0.000000821. The SMILES string of the molecule is CC(C)CC[C@H]1[C@H]2C[C@H](CN(C(=O)c3ccc4c(c3)ncn4C)C2)[C@@H]2CCCCN21.O=CO. The fourth-order valence-electron chi connectivity index (χ4n) is 6.43. The van der Waals surface area contributed by atoms with Crippen molar-refractivity contribution in [1.82, 2.24) is 19.4 Å². The fraction of sp³-hybridized carbons (Fsp3) is 0.654. The molecular formula is C26H38N4O3. The monoisotopic (exact) mass is 454 g/mol. The normalized spacial score (nSPS) is 27.1. The Morgan fingerprint density at radius 3 is 2.76 bits per heavy atom. The quantitative estimate of drug-likeness (QED) is 0.706. The molecule has 0 aliphatic carbocycles. The average Bonchev–Trinajstić information content (AvgIpc) is 3.19. The number of nitrogens with zero attached hydrogens (tertiary/aromatic N) is 4. The van der Waals surface area contributed by atoms with Crippen molar-refractivity contribution in [3.8, 4) is 0 Å². The van der Waals surface area contributed by atoms with Crippen LogP contribution in [0.25, 0.3) is 11.0 Å². The maximum Gasteiger partial charge on any atom is 0.290 e. The van der Waals surface area contributed by atoms with Crippen molar-refractivity contribution < 1.29 is 14.7 Å². The van der Waals surface area contributed by atoms with E-state index in [-0.39, 0.29) is 12.4 Å². The highest BCUT2D eigenvalue weighted by atomic mass is 16.3. The van der Waals surface area contributed by atoms with E-state index in [0.29, 0.717) is 23.9 Å². The fourth-order valence-corrected chi connectivity index (χ4v) is 6.43. The molecule has 3 aliphatic heterocycles. The molecule has 3 aliphatic rings. The Morgan fingerprint density at radius 2 is 2.00 bits per heavy atom. The van der Waals surface area contributed by atoms with Crippen molar-refractivity contribution in [2.24, 2.45) is 24.8 Å². The van der Waals surface area contributed by atoms with Crippen LogP contribution in [0.1, 0.15) is 62.7 Å². The van der Waals surface area contributed by atoms with Crippen molar-refractivity contribution in [3.05, 3.63) is 30.1 Å². The Kier molecular flexibility index (Phi) is 7.37. The number of carboxylic acid groups (broad SMARTS) is 1. The van der Waals surface area contributed by atoms with Crippen molar-refractivity contribution in [1.29, 1.82) is 0 Å². The highest BCUT2D eigenvalue weighted by Gasteiger charge is 2.47. The predicted octanol–water partition coefficient (Wildman–Crippen LogP) is 4.03. The molecule has 1 amide bonds.